The van der Waals surface area contributed by atoms with Crippen molar-refractivity contribution < 1.29 is 24.5 Å². The van der Waals surface area contributed by atoms with Gasteiger partial charge >= 0.3 is 0 Å². The number of ether oxygens (including phenoxy) is 1. The molecule has 1 aliphatic carbocycles. The molecule has 2 aliphatic rings. The SMILES string of the molecule is CC(=O)c1c(O)c(C)c(O)c2c1OC1=Cc3c(c(C)nn3-c3cc(C)c4ccccc4n3)C(=O)C12C. The van der Waals surface area contributed by atoms with Crippen molar-refractivity contribution in [3.63, 3.8) is 0 Å². The number of carbonyl (C=O) groups is 2. The highest BCUT2D eigenvalue weighted by Gasteiger charge is 2.55. The molecule has 4 aromatic rings. The number of aromatic hydroxyl groups is 2. The van der Waals surface area contributed by atoms with Crippen LogP contribution in [0.1, 0.15) is 62.6 Å². The Morgan fingerprint density at radius 2 is 1.83 bits per heavy atom. The fourth-order valence-corrected chi connectivity index (χ4v) is 5.40. The number of phenolic OH excluding ortho intramolecular Hbond substituents is 2. The van der Waals surface area contributed by atoms with Crippen molar-refractivity contribution in [2.45, 2.75) is 40.0 Å². The molecule has 2 N–H and O–H groups in total. The quantitative estimate of drug-likeness (QED) is 0.394. The van der Waals surface area contributed by atoms with E-state index in [1.807, 2.05) is 37.3 Å². The van der Waals surface area contributed by atoms with Gasteiger partial charge in [0.15, 0.2) is 17.4 Å². The van der Waals surface area contributed by atoms with Gasteiger partial charge < -0.3 is 14.9 Å². The highest BCUT2D eigenvalue weighted by atomic mass is 16.5. The molecule has 0 spiro atoms. The van der Waals surface area contributed by atoms with Crippen LogP contribution >= 0.6 is 0 Å². The number of Topliss-reactive ketones (excluding diaryl/α,β-unsaturated/α-hetero) is 2. The van der Waals surface area contributed by atoms with Gasteiger partial charge in [-0.05, 0) is 52.3 Å². The summed E-state index contributed by atoms with van der Waals surface area (Å²) in [5.74, 6) is -0.566. The van der Waals surface area contributed by atoms with E-state index in [4.69, 9.17) is 9.72 Å². The van der Waals surface area contributed by atoms with Gasteiger partial charge in [-0.25, -0.2) is 9.67 Å². The van der Waals surface area contributed by atoms with Crippen molar-refractivity contribution in [1.29, 1.82) is 0 Å². The predicted octanol–water partition coefficient (Wildman–Crippen LogP) is 4.85. The number of phenols is 2. The lowest BCUT2D eigenvalue weighted by molar-refractivity contribution is 0.0905. The van der Waals surface area contributed by atoms with E-state index in [1.165, 1.54) is 13.8 Å². The van der Waals surface area contributed by atoms with Crippen LogP contribution in [0.5, 0.6) is 17.2 Å². The monoisotopic (exact) mass is 481 g/mol. The van der Waals surface area contributed by atoms with E-state index >= 15 is 0 Å². The highest BCUT2D eigenvalue weighted by Crippen LogP contribution is 2.58. The number of carbonyl (C=O) groups excluding carboxylic acids is 2. The average molecular weight is 482 g/mol. The zero-order valence-corrected chi connectivity index (χ0v) is 20.4. The molecule has 1 aliphatic heterocycles. The van der Waals surface area contributed by atoms with Crippen LogP contribution in [0.3, 0.4) is 0 Å². The first kappa shape index (κ1) is 22.0. The number of fused-ring (bicyclic) bond motifs is 5. The molecule has 0 saturated carbocycles. The fraction of sp³-hybridized carbons (Fsp3) is 0.214. The summed E-state index contributed by atoms with van der Waals surface area (Å²) in [7, 11) is 0. The number of para-hydroxylation sites is 1. The minimum Gasteiger partial charge on any atom is -0.507 e. The lowest BCUT2D eigenvalue weighted by atomic mass is 9.71. The molecule has 0 bridgehead atoms. The van der Waals surface area contributed by atoms with Gasteiger partial charge in [0.2, 0.25) is 0 Å². The summed E-state index contributed by atoms with van der Waals surface area (Å²) in [6, 6.07) is 9.71. The Labute approximate surface area is 206 Å². The first-order valence-electron chi connectivity index (χ1n) is 11.6. The predicted molar refractivity (Wildman–Crippen MR) is 133 cm³/mol. The average Bonchev–Trinajstić information content (AvgIpc) is 3.32. The van der Waals surface area contributed by atoms with Gasteiger partial charge in [-0.15, -0.1) is 0 Å². The molecule has 8 nitrogen and oxygen atoms in total. The number of hydrogen-bond acceptors (Lipinski definition) is 7. The highest BCUT2D eigenvalue weighted by molar-refractivity contribution is 6.14. The van der Waals surface area contributed by atoms with Crippen molar-refractivity contribution in [3.05, 3.63) is 75.3 Å². The van der Waals surface area contributed by atoms with E-state index < -0.39 is 11.2 Å². The minimum atomic E-state index is -1.39. The van der Waals surface area contributed by atoms with Gasteiger partial charge in [0.1, 0.15) is 34.0 Å². The second-order valence-corrected chi connectivity index (χ2v) is 9.59. The molecular weight excluding hydrogens is 458 g/mol. The van der Waals surface area contributed by atoms with Crippen molar-refractivity contribution in [2.24, 2.45) is 0 Å². The van der Waals surface area contributed by atoms with Crippen LogP contribution in [0.25, 0.3) is 22.8 Å². The fourth-order valence-electron chi connectivity index (χ4n) is 5.40. The molecule has 8 heteroatoms. The molecule has 1 unspecified atom stereocenters. The number of pyridine rings is 1. The van der Waals surface area contributed by atoms with Crippen LogP contribution in [-0.4, -0.2) is 36.5 Å². The number of benzene rings is 2. The number of ketones is 2. The van der Waals surface area contributed by atoms with Crippen LogP contribution in [0.4, 0.5) is 0 Å². The number of aromatic nitrogens is 3. The van der Waals surface area contributed by atoms with Gasteiger partial charge in [-0.1, -0.05) is 18.2 Å². The largest absolute Gasteiger partial charge is 0.507 e. The summed E-state index contributed by atoms with van der Waals surface area (Å²) in [5, 5.41) is 27.3. The smallest absolute Gasteiger partial charge is 0.185 e. The Kier molecular flexibility index (Phi) is 4.31. The first-order chi connectivity index (χ1) is 17.1. The Morgan fingerprint density at radius 1 is 1.11 bits per heavy atom. The van der Waals surface area contributed by atoms with Crippen LogP contribution in [0.2, 0.25) is 0 Å². The van der Waals surface area contributed by atoms with Gasteiger partial charge in [0.25, 0.3) is 0 Å². The van der Waals surface area contributed by atoms with E-state index in [1.54, 1.807) is 24.6 Å². The Hall–Kier alpha value is -4.46. The van der Waals surface area contributed by atoms with Gasteiger partial charge in [-0.3, -0.25) is 9.59 Å². The van der Waals surface area contributed by atoms with E-state index in [0.29, 0.717) is 22.8 Å². The van der Waals surface area contributed by atoms with E-state index in [0.717, 1.165) is 16.5 Å². The summed E-state index contributed by atoms with van der Waals surface area (Å²) >= 11 is 0. The number of rotatable bonds is 2. The zero-order valence-electron chi connectivity index (χ0n) is 20.4. The summed E-state index contributed by atoms with van der Waals surface area (Å²) in [6.07, 6.45) is 1.71. The lowest BCUT2D eigenvalue weighted by Gasteiger charge is -2.27. The van der Waals surface area contributed by atoms with Crippen LogP contribution < -0.4 is 4.74 Å². The maximum absolute atomic E-state index is 14.1. The maximum atomic E-state index is 14.1. The first-order valence-corrected chi connectivity index (χ1v) is 11.6. The molecular formula is C28H23N3O5. The van der Waals surface area contributed by atoms with Crippen molar-refractivity contribution >= 4 is 28.5 Å². The molecule has 0 amide bonds. The Balaban J connectivity index is 1.62. The molecule has 36 heavy (non-hydrogen) atoms. The number of hydrogen-bond donors (Lipinski definition) is 2. The van der Waals surface area contributed by atoms with Gasteiger partial charge in [0.05, 0.1) is 28.0 Å². The molecule has 2 aromatic heterocycles. The third-order valence-corrected chi connectivity index (χ3v) is 7.37. The second-order valence-electron chi connectivity index (χ2n) is 9.59. The van der Waals surface area contributed by atoms with E-state index in [-0.39, 0.29) is 45.5 Å². The number of allylic oxidation sites excluding steroid dienone is 1. The van der Waals surface area contributed by atoms with E-state index in [2.05, 4.69) is 5.10 Å². The second kappa shape index (κ2) is 7.04. The summed E-state index contributed by atoms with van der Waals surface area (Å²) in [6.45, 7) is 8.21. The van der Waals surface area contributed by atoms with Crippen molar-refractivity contribution in [3.8, 4) is 23.1 Å². The molecule has 2 aromatic carbocycles. The van der Waals surface area contributed by atoms with Crippen LogP contribution in [0.15, 0.2) is 36.1 Å². The Morgan fingerprint density at radius 3 is 2.56 bits per heavy atom. The van der Waals surface area contributed by atoms with Crippen LogP contribution in [0, 0.1) is 20.8 Å². The summed E-state index contributed by atoms with van der Waals surface area (Å²) < 4.78 is 7.70. The molecule has 3 heterocycles. The minimum absolute atomic E-state index is 0.00666. The van der Waals surface area contributed by atoms with Crippen molar-refractivity contribution in [2.75, 3.05) is 0 Å². The molecule has 0 saturated heterocycles. The van der Waals surface area contributed by atoms with Crippen LogP contribution in [-0.2, 0) is 5.41 Å². The lowest BCUT2D eigenvalue weighted by Crippen LogP contribution is -2.36. The topological polar surface area (TPSA) is 115 Å². The zero-order chi connectivity index (χ0) is 25.7. The summed E-state index contributed by atoms with van der Waals surface area (Å²) in [5.41, 5.74) is 2.08. The molecule has 6 rings (SSSR count). The number of aryl methyl sites for hydroxylation is 2. The number of nitrogens with zero attached hydrogens (tertiary/aromatic N) is 3. The third-order valence-electron chi connectivity index (χ3n) is 7.37. The molecule has 0 radical (unpaired) electrons. The standard InChI is InChI=1S/C28H23N3O5/c1-12-10-20(29-17-9-7-6-8-16(12)17)31-18-11-19-28(5,27(35)21(18)14(3)30-31)23-25(34)13(2)24(33)22(15(4)32)26(23)36-19/h6-11,33-34H,1-5H3. The Bertz CT molecular complexity index is 1730. The molecule has 0 fully saturated rings. The third kappa shape index (κ3) is 2.58. The van der Waals surface area contributed by atoms with Gasteiger partial charge in [0, 0.05) is 17.0 Å². The molecule has 180 valence electrons. The van der Waals surface area contributed by atoms with Crippen molar-refractivity contribution in [1.82, 2.24) is 14.8 Å². The van der Waals surface area contributed by atoms with E-state index in [9.17, 15) is 19.8 Å². The van der Waals surface area contributed by atoms with Gasteiger partial charge in [-0.2, -0.15) is 5.10 Å². The molecule has 1 atom stereocenters. The maximum Gasteiger partial charge on any atom is 0.185 e. The summed E-state index contributed by atoms with van der Waals surface area (Å²) in [4.78, 5) is 31.3. The normalized spacial score (nSPS) is 17.9.